The summed E-state index contributed by atoms with van der Waals surface area (Å²) in [6, 6.07) is 7.89. The van der Waals surface area contributed by atoms with E-state index in [1.54, 1.807) is 12.4 Å². The van der Waals surface area contributed by atoms with Gasteiger partial charge in [-0.15, -0.1) is 0 Å². The van der Waals surface area contributed by atoms with Gasteiger partial charge in [0.1, 0.15) is 5.82 Å². The maximum atomic E-state index is 4.69. The molecule has 128 valence electrons. The van der Waals surface area contributed by atoms with Crippen molar-refractivity contribution in [3.63, 3.8) is 0 Å². The Morgan fingerprint density at radius 2 is 1.76 bits per heavy atom. The van der Waals surface area contributed by atoms with E-state index >= 15 is 0 Å². The highest BCUT2D eigenvalue weighted by Crippen LogP contribution is 2.22. The van der Waals surface area contributed by atoms with E-state index in [-0.39, 0.29) is 0 Å². The molecule has 0 fully saturated rings. The van der Waals surface area contributed by atoms with Crippen molar-refractivity contribution in [1.29, 1.82) is 0 Å². The summed E-state index contributed by atoms with van der Waals surface area (Å²) in [7, 11) is 4.04. The fourth-order valence-electron chi connectivity index (χ4n) is 2.45. The Morgan fingerprint density at radius 1 is 1.00 bits per heavy atom. The molecule has 0 atom stereocenters. The molecule has 6 nitrogen and oxygen atoms in total. The number of nitrogens with zero attached hydrogens (tertiary/aromatic N) is 5. The van der Waals surface area contributed by atoms with Crippen LogP contribution in [0.5, 0.6) is 0 Å². The van der Waals surface area contributed by atoms with Gasteiger partial charge in [0, 0.05) is 55.2 Å². The molecule has 0 saturated heterocycles. The second kappa shape index (κ2) is 7.25. The minimum atomic E-state index is 0.606. The van der Waals surface area contributed by atoms with E-state index in [0.717, 1.165) is 34.0 Å². The van der Waals surface area contributed by atoms with E-state index in [9.17, 15) is 0 Å². The lowest BCUT2D eigenvalue weighted by Crippen LogP contribution is -2.11. The topological polar surface area (TPSA) is 66.8 Å². The highest BCUT2D eigenvalue weighted by Gasteiger charge is 2.10. The average Bonchev–Trinajstić information content (AvgIpc) is 2.63. The summed E-state index contributed by atoms with van der Waals surface area (Å²) in [5.41, 5.74) is 5.04. The second-order valence-corrected chi connectivity index (χ2v) is 6.10. The van der Waals surface area contributed by atoms with Crippen LogP contribution >= 0.6 is 0 Å². The molecule has 1 N–H and O–H groups in total. The van der Waals surface area contributed by atoms with Crippen molar-refractivity contribution in [3.8, 4) is 11.4 Å². The van der Waals surface area contributed by atoms with Gasteiger partial charge in [0.15, 0.2) is 5.82 Å². The minimum absolute atomic E-state index is 0.606. The standard InChI is InChI=1S/C19H22N6/c1-13-14(2)23-19(15-5-8-20-9-6-15)24-18(13)22-12-16-11-17(25(3)4)7-10-21-16/h5-11H,12H2,1-4H3,(H,22,23,24). The van der Waals surface area contributed by atoms with Gasteiger partial charge in [-0.2, -0.15) is 0 Å². The molecule has 0 radical (unpaired) electrons. The first-order valence-electron chi connectivity index (χ1n) is 8.16. The molecule has 3 aromatic rings. The van der Waals surface area contributed by atoms with E-state index < -0.39 is 0 Å². The number of aromatic nitrogens is 4. The number of aryl methyl sites for hydroxylation is 1. The number of pyridine rings is 2. The van der Waals surface area contributed by atoms with E-state index in [1.165, 1.54) is 0 Å². The third-order valence-corrected chi connectivity index (χ3v) is 4.08. The van der Waals surface area contributed by atoms with E-state index in [4.69, 9.17) is 0 Å². The van der Waals surface area contributed by atoms with Gasteiger partial charge < -0.3 is 10.2 Å². The first-order chi connectivity index (χ1) is 12.0. The molecule has 0 unspecified atom stereocenters. The monoisotopic (exact) mass is 334 g/mol. The van der Waals surface area contributed by atoms with Gasteiger partial charge in [0.25, 0.3) is 0 Å². The Balaban J connectivity index is 1.85. The highest BCUT2D eigenvalue weighted by molar-refractivity contribution is 5.59. The molecule has 3 rings (SSSR count). The van der Waals surface area contributed by atoms with Crippen LogP contribution in [0.4, 0.5) is 11.5 Å². The lowest BCUT2D eigenvalue weighted by Gasteiger charge is -2.15. The molecule has 0 aliphatic heterocycles. The van der Waals surface area contributed by atoms with Gasteiger partial charge in [-0.25, -0.2) is 9.97 Å². The van der Waals surface area contributed by atoms with Crippen molar-refractivity contribution in [3.05, 3.63) is 59.8 Å². The first kappa shape index (κ1) is 16.8. The fraction of sp³-hybridized carbons (Fsp3) is 0.263. The van der Waals surface area contributed by atoms with Crippen LogP contribution in [-0.4, -0.2) is 34.0 Å². The third-order valence-electron chi connectivity index (χ3n) is 4.08. The smallest absolute Gasteiger partial charge is 0.161 e. The number of anilines is 2. The van der Waals surface area contributed by atoms with Crippen molar-refractivity contribution in [2.75, 3.05) is 24.3 Å². The van der Waals surface area contributed by atoms with E-state index in [0.29, 0.717) is 12.4 Å². The molecule has 0 saturated carbocycles. The second-order valence-electron chi connectivity index (χ2n) is 6.10. The number of nitrogens with one attached hydrogen (secondary N) is 1. The van der Waals surface area contributed by atoms with Crippen LogP contribution in [0.2, 0.25) is 0 Å². The van der Waals surface area contributed by atoms with Crippen LogP contribution in [0, 0.1) is 13.8 Å². The van der Waals surface area contributed by atoms with Crippen LogP contribution in [-0.2, 0) is 6.54 Å². The van der Waals surface area contributed by atoms with Crippen LogP contribution in [0.15, 0.2) is 42.9 Å². The Bertz CT molecular complexity index is 861. The van der Waals surface area contributed by atoms with Crippen molar-refractivity contribution >= 4 is 11.5 Å². The molecule has 0 aliphatic carbocycles. The predicted molar refractivity (Wildman–Crippen MR) is 101 cm³/mol. The lowest BCUT2D eigenvalue weighted by molar-refractivity contribution is 0.991. The van der Waals surface area contributed by atoms with Gasteiger partial charge in [-0.1, -0.05) is 0 Å². The number of rotatable bonds is 5. The van der Waals surface area contributed by atoms with Crippen LogP contribution in [0.3, 0.4) is 0 Å². The van der Waals surface area contributed by atoms with Gasteiger partial charge >= 0.3 is 0 Å². The molecule has 0 amide bonds. The SMILES string of the molecule is Cc1nc(-c2ccncc2)nc(NCc2cc(N(C)C)ccn2)c1C. The minimum Gasteiger partial charge on any atom is -0.378 e. The summed E-state index contributed by atoms with van der Waals surface area (Å²) in [6.45, 7) is 4.63. The quantitative estimate of drug-likeness (QED) is 0.773. The Hall–Kier alpha value is -3.02. The van der Waals surface area contributed by atoms with Crippen molar-refractivity contribution in [2.45, 2.75) is 20.4 Å². The van der Waals surface area contributed by atoms with Crippen molar-refractivity contribution in [2.24, 2.45) is 0 Å². The van der Waals surface area contributed by atoms with Crippen LogP contribution in [0.1, 0.15) is 17.0 Å². The summed E-state index contributed by atoms with van der Waals surface area (Å²) < 4.78 is 0. The molecule has 0 aliphatic rings. The Morgan fingerprint density at radius 3 is 2.48 bits per heavy atom. The normalized spacial score (nSPS) is 10.6. The maximum Gasteiger partial charge on any atom is 0.161 e. The summed E-state index contributed by atoms with van der Waals surface area (Å²) >= 11 is 0. The summed E-state index contributed by atoms with van der Waals surface area (Å²) in [5, 5.41) is 3.40. The zero-order chi connectivity index (χ0) is 17.8. The van der Waals surface area contributed by atoms with Gasteiger partial charge in [0.05, 0.1) is 12.2 Å². The molecular formula is C19H22N6. The lowest BCUT2D eigenvalue weighted by atomic mass is 10.2. The zero-order valence-corrected chi connectivity index (χ0v) is 15.0. The largest absolute Gasteiger partial charge is 0.378 e. The predicted octanol–water partition coefficient (Wildman–Crippen LogP) is 3.23. The van der Waals surface area contributed by atoms with Gasteiger partial charge in [-0.05, 0) is 38.1 Å². The van der Waals surface area contributed by atoms with Gasteiger partial charge in [-0.3, -0.25) is 9.97 Å². The Labute approximate surface area is 148 Å². The van der Waals surface area contributed by atoms with Crippen LogP contribution in [0.25, 0.3) is 11.4 Å². The fourth-order valence-corrected chi connectivity index (χ4v) is 2.45. The van der Waals surface area contributed by atoms with Crippen molar-refractivity contribution < 1.29 is 0 Å². The molecule has 0 aromatic carbocycles. The summed E-state index contributed by atoms with van der Waals surface area (Å²) in [6.07, 6.45) is 5.32. The Kier molecular flexibility index (Phi) is 4.88. The molecule has 0 bridgehead atoms. The zero-order valence-electron chi connectivity index (χ0n) is 15.0. The number of hydrogen-bond acceptors (Lipinski definition) is 6. The molecule has 3 heterocycles. The van der Waals surface area contributed by atoms with Crippen molar-refractivity contribution in [1.82, 2.24) is 19.9 Å². The van der Waals surface area contributed by atoms with E-state index in [1.807, 2.05) is 52.3 Å². The van der Waals surface area contributed by atoms with Gasteiger partial charge in [0.2, 0.25) is 0 Å². The molecule has 6 heteroatoms. The number of hydrogen-bond donors (Lipinski definition) is 1. The average molecular weight is 334 g/mol. The molecular weight excluding hydrogens is 312 g/mol. The summed E-state index contributed by atoms with van der Waals surface area (Å²) in [4.78, 5) is 19.8. The van der Waals surface area contributed by atoms with Crippen LogP contribution < -0.4 is 10.2 Å². The molecule has 0 spiro atoms. The highest BCUT2D eigenvalue weighted by atomic mass is 15.1. The first-order valence-corrected chi connectivity index (χ1v) is 8.16. The maximum absolute atomic E-state index is 4.69. The summed E-state index contributed by atoms with van der Waals surface area (Å²) in [5.74, 6) is 1.53. The third kappa shape index (κ3) is 3.91. The molecule has 3 aromatic heterocycles. The molecule has 25 heavy (non-hydrogen) atoms. The van der Waals surface area contributed by atoms with E-state index in [2.05, 4.69) is 36.2 Å².